The number of hydrogen-bond donors (Lipinski definition) is 1. The Morgan fingerprint density at radius 2 is 1.28 bits per heavy atom. The van der Waals surface area contributed by atoms with Crippen molar-refractivity contribution in [1.82, 2.24) is 0 Å². The first kappa shape index (κ1) is 29.6. The van der Waals surface area contributed by atoms with Crippen molar-refractivity contribution in [3.05, 3.63) is 120 Å². The molecule has 29 heavy (non-hydrogen) atoms. The average molecular weight is 472 g/mol. The van der Waals surface area contributed by atoms with E-state index in [2.05, 4.69) is 31.2 Å². The normalized spacial score (nSPS) is 9.62. The van der Waals surface area contributed by atoms with E-state index in [-0.39, 0.29) is 40.2 Å². The molecule has 0 heterocycles. The Bertz CT molecular complexity index is 630. The summed E-state index contributed by atoms with van der Waals surface area (Å²) in [6.07, 6.45) is 3.56. The van der Waals surface area contributed by atoms with E-state index >= 15 is 0 Å². The van der Waals surface area contributed by atoms with Gasteiger partial charge in [0.15, 0.2) is 0 Å². The fourth-order valence-corrected chi connectivity index (χ4v) is 2.27. The van der Waals surface area contributed by atoms with Crippen LogP contribution in [0.1, 0.15) is 43.9 Å². The van der Waals surface area contributed by atoms with Crippen LogP contribution in [0, 0.1) is 0 Å². The van der Waals surface area contributed by atoms with Gasteiger partial charge in [-0.15, -0.1) is 5.56 Å². The van der Waals surface area contributed by atoms with Gasteiger partial charge in [0.05, 0.1) is 6.10 Å². The van der Waals surface area contributed by atoms with Crippen molar-refractivity contribution in [3.63, 3.8) is 0 Å². The van der Waals surface area contributed by atoms with Crippen LogP contribution in [-0.4, -0.2) is 5.11 Å². The topological polar surface area (TPSA) is 20.2 Å². The Kier molecular flexibility index (Phi) is 21.6. The summed E-state index contributed by atoms with van der Waals surface area (Å²) in [5.74, 6) is 0. The molecule has 1 unspecified atom stereocenters. The van der Waals surface area contributed by atoms with Crippen LogP contribution in [0.2, 0.25) is 0 Å². The standard InChI is InChI=1S/C9H13.C7H9O.2C5H5.2Fe/c1-2-3-6-9-7-4-5-8-9;1-6(8)7-4-2-3-5-7;2*1-2-4-5-3-1;;/h4-5,7-8H,2-3,6H2,1H3;2-6,8H,1H3;2*1-5H;;/q4*-1;2*+2. The summed E-state index contributed by atoms with van der Waals surface area (Å²) in [4.78, 5) is 0. The third-order valence-electron chi connectivity index (χ3n) is 3.83. The monoisotopic (exact) mass is 472 g/mol. The second-order valence-electron chi connectivity index (χ2n) is 6.22. The number of aliphatic hydroxyl groups excluding tert-OH is 1. The summed E-state index contributed by atoms with van der Waals surface area (Å²) in [6.45, 7) is 3.98. The molecule has 0 aliphatic rings. The summed E-state index contributed by atoms with van der Waals surface area (Å²) in [5.41, 5.74) is 2.47. The van der Waals surface area contributed by atoms with Crippen LogP contribution in [0.4, 0.5) is 0 Å². The molecular formula is C26H32Fe2O. The van der Waals surface area contributed by atoms with Crippen LogP contribution < -0.4 is 0 Å². The Balaban J connectivity index is 0. The van der Waals surface area contributed by atoms with E-state index in [0.29, 0.717) is 0 Å². The van der Waals surface area contributed by atoms with Crippen molar-refractivity contribution in [3.8, 4) is 0 Å². The molecule has 1 nitrogen and oxygen atoms in total. The summed E-state index contributed by atoms with van der Waals surface area (Å²) >= 11 is 0. The van der Waals surface area contributed by atoms with Crippen molar-refractivity contribution in [2.75, 3.05) is 0 Å². The van der Waals surface area contributed by atoms with Crippen molar-refractivity contribution in [2.45, 2.75) is 39.2 Å². The van der Waals surface area contributed by atoms with Gasteiger partial charge in [-0.05, 0) is 6.92 Å². The van der Waals surface area contributed by atoms with E-state index in [0.717, 1.165) is 5.56 Å². The van der Waals surface area contributed by atoms with Gasteiger partial charge in [0.2, 0.25) is 0 Å². The van der Waals surface area contributed by atoms with Crippen molar-refractivity contribution >= 4 is 0 Å². The van der Waals surface area contributed by atoms with E-state index < -0.39 is 0 Å². The third kappa shape index (κ3) is 17.0. The molecule has 0 saturated heterocycles. The molecule has 1 atom stereocenters. The predicted octanol–water partition coefficient (Wildman–Crippen LogP) is 7.01. The summed E-state index contributed by atoms with van der Waals surface area (Å²) in [5, 5.41) is 8.91. The molecule has 0 amide bonds. The molecule has 0 radical (unpaired) electrons. The van der Waals surface area contributed by atoms with Crippen molar-refractivity contribution < 1.29 is 39.2 Å². The second-order valence-corrected chi connectivity index (χ2v) is 6.22. The number of aliphatic hydroxyl groups is 1. The minimum Gasteiger partial charge on any atom is -0.391 e. The van der Waals surface area contributed by atoms with Crippen molar-refractivity contribution in [2.24, 2.45) is 0 Å². The van der Waals surface area contributed by atoms with Crippen LogP contribution in [-0.2, 0) is 40.6 Å². The zero-order valence-corrected chi connectivity index (χ0v) is 19.5. The first-order valence-corrected chi connectivity index (χ1v) is 9.67. The summed E-state index contributed by atoms with van der Waals surface area (Å²) in [7, 11) is 0. The smallest absolute Gasteiger partial charge is 0.391 e. The van der Waals surface area contributed by atoms with E-state index in [4.69, 9.17) is 5.11 Å². The van der Waals surface area contributed by atoms with Gasteiger partial charge in [0.25, 0.3) is 0 Å². The molecule has 0 aromatic heterocycles. The summed E-state index contributed by atoms with van der Waals surface area (Å²) < 4.78 is 0. The molecule has 0 saturated carbocycles. The molecule has 0 aliphatic heterocycles. The molecule has 0 spiro atoms. The van der Waals surface area contributed by atoms with Crippen molar-refractivity contribution in [1.29, 1.82) is 0 Å². The Morgan fingerprint density at radius 3 is 1.55 bits per heavy atom. The number of aryl methyl sites for hydroxylation is 1. The molecule has 0 aliphatic carbocycles. The van der Waals surface area contributed by atoms with Gasteiger partial charge in [0, 0.05) is 0 Å². The Labute approximate surface area is 198 Å². The van der Waals surface area contributed by atoms with Gasteiger partial charge in [-0.25, -0.2) is 48.5 Å². The zero-order chi connectivity index (χ0) is 19.6. The Hall–Kier alpha value is -1.60. The van der Waals surface area contributed by atoms with Crippen LogP contribution in [0.15, 0.2) is 109 Å². The van der Waals surface area contributed by atoms with Crippen LogP contribution in [0.5, 0.6) is 0 Å². The van der Waals surface area contributed by atoms with Crippen LogP contribution in [0.25, 0.3) is 0 Å². The Morgan fingerprint density at radius 1 is 0.759 bits per heavy atom. The molecule has 158 valence electrons. The first-order chi connectivity index (χ1) is 13.2. The maximum absolute atomic E-state index is 8.91. The fourth-order valence-electron chi connectivity index (χ4n) is 2.27. The number of hydrogen-bond acceptors (Lipinski definition) is 1. The van der Waals surface area contributed by atoms with E-state index in [1.54, 1.807) is 6.92 Å². The minimum atomic E-state index is -0.315. The minimum absolute atomic E-state index is 0. The zero-order valence-electron chi connectivity index (χ0n) is 17.2. The quantitative estimate of drug-likeness (QED) is 0.250. The number of unbranched alkanes of at least 4 members (excludes halogenated alkanes) is 1. The van der Waals surface area contributed by atoms with Gasteiger partial charge in [-0.2, -0.15) is 66.2 Å². The fraction of sp³-hybridized carbons (Fsp3) is 0.231. The van der Waals surface area contributed by atoms with Crippen LogP contribution in [0.3, 0.4) is 0 Å². The van der Waals surface area contributed by atoms with Gasteiger partial charge in [-0.3, -0.25) is 0 Å². The molecule has 1 N–H and O–H groups in total. The third-order valence-corrected chi connectivity index (χ3v) is 3.83. The molecule has 0 bridgehead atoms. The predicted molar refractivity (Wildman–Crippen MR) is 117 cm³/mol. The van der Waals surface area contributed by atoms with Gasteiger partial charge >= 0.3 is 34.1 Å². The largest absolute Gasteiger partial charge is 2.00 e. The van der Waals surface area contributed by atoms with Crippen LogP contribution >= 0.6 is 0 Å². The second kappa shape index (κ2) is 21.1. The van der Waals surface area contributed by atoms with E-state index in [1.807, 2.05) is 84.9 Å². The SMILES string of the molecule is CC(O)c1ccc[cH-]1.CCCCc1ccc[cH-]1.[Fe+2].[Fe+2].c1cc[cH-]c1.c1cc[cH-]c1. The molecule has 3 heteroatoms. The van der Waals surface area contributed by atoms with E-state index in [9.17, 15) is 0 Å². The average Bonchev–Trinajstić information content (AvgIpc) is 3.50. The maximum Gasteiger partial charge on any atom is 2.00 e. The molecule has 4 rings (SSSR count). The maximum atomic E-state index is 8.91. The number of rotatable bonds is 4. The molecular weight excluding hydrogens is 440 g/mol. The molecule has 0 fully saturated rings. The first-order valence-electron chi connectivity index (χ1n) is 9.67. The van der Waals surface area contributed by atoms with Gasteiger partial charge in [0.1, 0.15) is 0 Å². The summed E-state index contributed by atoms with van der Waals surface area (Å²) in [6, 6.07) is 36.2. The molecule has 4 aromatic rings. The molecule has 4 aromatic carbocycles. The van der Waals surface area contributed by atoms with Gasteiger partial charge in [-0.1, -0.05) is 26.2 Å². The van der Waals surface area contributed by atoms with E-state index in [1.165, 1.54) is 24.8 Å². The van der Waals surface area contributed by atoms with Gasteiger partial charge < -0.3 is 5.11 Å².